The number of hydrogen-bond donors (Lipinski definition) is 3. The van der Waals surface area contributed by atoms with Crippen molar-refractivity contribution in [2.45, 2.75) is 32.7 Å². The first kappa shape index (κ1) is 27.5. The lowest BCUT2D eigenvalue weighted by molar-refractivity contribution is -0.116. The van der Waals surface area contributed by atoms with E-state index in [9.17, 15) is 9.59 Å². The third-order valence-electron chi connectivity index (χ3n) is 7.07. The number of carbonyl (C=O) groups is 2. The highest BCUT2D eigenvalue weighted by Gasteiger charge is 2.33. The van der Waals surface area contributed by atoms with Crippen LogP contribution >= 0.6 is 0 Å². The molecule has 0 saturated heterocycles. The Balaban J connectivity index is 1.08. The van der Waals surface area contributed by atoms with Crippen LogP contribution in [0, 0.1) is 0 Å². The van der Waals surface area contributed by atoms with Gasteiger partial charge in [-0.3, -0.25) is 15.0 Å². The average molecular weight is 574 g/mol. The predicted octanol–water partition coefficient (Wildman–Crippen LogP) is 5.65. The number of aryl methyl sites for hydroxylation is 1. The van der Waals surface area contributed by atoms with E-state index in [4.69, 9.17) is 4.74 Å². The zero-order valence-corrected chi connectivity index (χ0v) is 23.6. The van der Waals surface area contributed by atoms with Gasteiger partial charge in [0.2, 0.25) is 5.91 Å². The van der Waals surface area contributed by atoms with Crippen LogP contribution in [0.4, 0.5) is 17.1 Å². The third-order valence-corrected chi connectivity index (χ3v) is 7.07. The van der Waals surface area contributed by atoms with E-state index in [1.165, 1.54) is 10.2 Å². The Morgan fingerprint density at radius 2 is 1.65 bits per heavy atom. The quantitative estimate of drug-likeness (QED) is 0.198. The molecule has 0 saturated carbocycles. The summed E-state index contributed by atoms with van der Waals surface area (Å²) in [6, 6.07) is 32.4. The Bertz CT molecular complexity index is 1700. The molecule has 1 aromatic heterocycles. The van der Waals surface area contributed by atoms with Crippen LogP contribution in [-0.2, 0) is 24.4 Å². The molecule has 0 fully saturated rings. The number of anilines is 3. The molecule has 3 N–H and O–H groups in total. The fraction of sp³-hybridized carbons (Fsp3) is 0.152. The summed E-state index contributed by atoms with van der Waals surface area (Å²) in [4.78, 5) is 25.9. The molecular weight excluding hydrogens is 542 g/mol. The minimum absolute atomic E-state index is 0.0426. The molecular formula is C33H31N7O3. The molecule has 0 bridgehead atoms. The van der Waals surface area contributed by atoms with Gasteiger partial charge in [-0.1, -0.05) is 66.7 Å². The number of hydrogen-bond acceptors (Lipinski definition) is 7. The maximum Gasteiger partial charge on any atom is 0.276 e. The van der Waals surface area contributed by atoms with Crippen LogP contribution < -0.4 is 20.8 Å². The van der Waals surface area contributed by atoms with Crippen molar-refractivity contribution in [3.05, 3.63) is 132 Å². The molecule has 1 aliphatic rings. The van der Waals surface area contributed by atoms with Crippen molar-refractivity contribution in [3.8, 4) is 5.75 Å². The second-order valence-corrected chi connectivity index (χ2v) is 10.1. The minimum Gasteiger partial charge on any atom is -0.487 e. The first-order valence-electron chi connectivity index (χ1n) is 14.1. The van der Waals surface area contributed by atoms with Crippen LogP contribution in [0.15, 0.2) is 109 Å². The Morgan fingerprint density at radius 3 is 2.42 bits per heavy atom. The van der Waals surface area contributed by atoms with Crippen LogP contribution in [0.2, 0.25) is 0 Å². The van der Waals surface area contributed by atoms with Gasteiger partial charge >= 0.3 is 0 Å². The van der Waals surface area contributed by atoms with Gasteiger partial charge in [0.1, 0.15) is 30.8 Å². The van der Waals surface area contributed by atoms with E-state index in [0.717, 1.165) is 29.0 Å². The summed E-state index contributed by atoms with van der Waals surface area (Å²) >= 11 is 0. The molecule has 10 heteroatoms. The van der Waals surface area contributed by atoms with Crippen molar-refractivity contribution in [1.82, 2.24) is 20.0 Å². The number of ether oxygens (including phenoxy) is 1. The largest absolute Gasteiger partial charge is 0.487 e. The fourth-order valence-electron chi connectivity index (χ4n) is 4.81. The van der Waals surface area contributed by atoms with Gasteiger partial charge < -0.3 is 15.4 Å². The number of rotatable bonds is 10. The Hall–Kier alpha value is -5.64. The number of amides is 2. The molecule has 2 amide bonds. The number of para-hydroxylation sites is 2. The summed E-state index contributed by atoms with van der Waals surface area (Å²) in [5, 5.41) is 16.1. The van der Waals surface area contributed by atoms with Crippen molar-refractivity contribution >= 4 is 28.9 Å². The molecule has 6 rings (SSSR count). The number of nitrogens with zero attached hydrogens (tertiary/aromatic N) is 4. The Kier molecular flexibility index (Phi) is 7.99. The summed E-state index contributed by atoms with van der Waals surface area (Å²) < 4.78 is 7.42. The van der Waals surface area contributed by atoms with Crippen LogP contribution in [0.3, 0.4) is 0 Å². The van der Waals surface area contributed by atoms with Gasteiger partial charge in [0.05, 0.1) is 17.4 Å². The van der Waals surface area contributed by atoms with E-state index < -0.39 is 6.17 Å². The molecule has 5 aromatic rings. The molecule has 0 aliphatic carbocycles. The topological polar surface area (TPSA) is 113 Å². The molecule has 43 heavy (non-hydrogen) atoms. The molecule has 10 nitrogen and oxygen atoms in total. The second kappa shape index (κ2) is 12.5. The SMILES string of the molecule is CCc1ccc(NC(=O)Cn2cc(COc3ccc(C4Nc5ccccc5C(=O)N4Nc4ccccc4)cc3)nn2)cc1. The number of hydrazine groups is 1. The monoisotopic (exact) mass is 573 g/mol. The van der Waals surface area contributed by atoms with E-state index in [1.807, 2.05) is 103 Å². The van der Waals surface area contributed by atoms with Gasteiger partial charge in [-0.2, -0.15) is 0 Å². The van der Waals surface area contributed by atoms with Crippen LogP contribution in [0.25, 0.3) is 0 Å². The highest BCUT2D eigenvalue weighted by molar-refractivity contribution is 6.02. The maximum absolute atomic E-state index is 13.5. The molecule has 1 aliphatic heterocycles. The summed E-state index contributed by atoms with van der Waals surface area (Å²) in [6.07, 6.45) is 2.18. The third kappa shape index (κ3) is 6.48. The van der Waals surface area contributed by atoms with Gasteiger partial charge in [-0.15, -0.1) is 5.10 Å². The van der Waals surface area contributed by atoms with Gasteiger partial charge in [-0.05, 0) is 66.1 Å². The highest BCUT2D eigenvalue weighted by atomic mass is 16.5. The number of benzene rings is 4. The van der Waals surface area contributed by atoms with E-state index in [-0.39, 0.29) is 25.0 Å². The minimum atomic E-state index is -0.452. The Labute approximate surface area is 249 Å². The Morgan fingerprint density at radius 1 is 0.907 bits per heavy atom. The summed E-state index contributed by atoms with van der Waals surface area (Å²) in [5.41, 5.74) is 8.85. The van der Waals surface area contributed by atoms with Crippen molar-refractivity contribution in [2.24, 2.45) is 0 Å². The van der Waals surface area contributed by atoms with Gasteiger partial charge in [0.15, 0.2) is 0 Å². The van der Waals surface area contributed by atoms with Crippen molar-refractivity contribution < 1.29 is 14.3 Å². The number of nitrogens with one attached hydrogen (secondary N) is 3. The number of carbonyl (C=O) groups excluding carboxylic acids is 2. The van der Waals surface area contributed by atoms with E-state index in [2.05, 4.69) is 33.3 Å². The van der Waals surface area contributed by atoms with E-state index in [1.54, 1.807) is 11.2 Å². The first-order valence-corrected chi connectivity index (χ1v) is 14.1. The molecule has 1 atom stereocenters. The highest BCUT2D eigenvalue weighted by Crippen LogP contribution is 2.34. The standard InChI is InChI=1S/C33H31N7O3/c1-2-23-12-16-25(17-13-23)34-31(41)21-39-20-27(36-38-39)22-43-28-18-14-24(15-19-28)32-35-30-11-7-6-10-29(30)33(42)40(32)37-26-8-4-3-5-9-26/h3-20,32,35,37H,2,21-22H2,1H3,(H,34,41). The zero-order chi connectivity index (χ0) is 29.6. The maximum atomic E-state index is 13.5. The van der Waals surface area contributed by atoms with Gasteiger partial charge in [-0.25, -0.2) is 9.69 Å². The smallest absolute Gasteiger partial charge is 0.276 e. The van der Waals surface area contributed by atoms with Crippen molar-refractivity contribution in [2.75, 3.05) is 16.1 Å². The number of fused-ring (bicyclic) bond motifs is 1. The lowest BCUT2D eigenvalue weighted by Crippen LogP contribution is -2.46. The van der Waals surface area contributed by atoms with Gasteiger partial charge in [0, 0.05) is 11.4 Å². The van der Waals surface area contributed by atoms with Crippen LogP contribution in [0.1, 0.15) is 40.3 Å². The normalized spacial score (nSPS) is 14.0. The summed E-state index contributed by atoms with van der Waals surface area (Å²) in [5.74, 6) is 0.316. The molecule has 4 aromatic carbocycles. The number of aromatic nitrogens is 3. The lowest BCUT2D eigenvalue weighted by Gasteiger charge is -2.38. The predicted molar refractivity (Wildman–Crippen MR) is 164 cm³/mol. The zero-order valence-electron chi connectivity index (χ0n) is 23.6. The van der Waals surface area contributed by atoms with Gasteiger partial charge in [0.25, 0.3) is 5.91 Å². The molecule has 0 radical (unpaired) electrons. The van der Waals surface area contributed by atoms with Crippen LogP contribution in [-0.4, -0.2) is 31.8 Å². The second-order valence-electron chi connectivity index (χ2n) is 10.1. The first-order chi connectivity index (χ1) is 21.1. The van der Waals surface area contributed by atoms with Crippen molar-refractivity contribution in [3.63, 3.8) is 0 Å². The van der Waals surface area contributed by atoms with E-state index >= 15 is 0 Å². The van der Waals surface area contributed by atoms with Crippen molar-refractivity contribution in [1.29, 1.82) is 0 Å². The summed E-state index contributed by atoms with van der Waals surface area (Å²) in [7, 11) is 0. The average Bonchev–Trinajstić information content (AvgIpc) is 3.49. The lowest BCUT2D eigenvalue weighted by atomic mass is 10.0. The molecule has 2 heterocycles. The molecule has 216 valence electrons. The molecule has 0 spiro atoms. The van der Waals surface area contributed by atoms with E-state index in [0.29, 0.717) is 17.0 Å². The summed E-state index contributed by atoms with van der Waals surface area (Å²) in [6.45, 7) is 2.32. The fourth-order valence-corrected chi connectivity index (χ4v) is 4.81. The van der Waals surface area contributed by atoms with Crippen LogP contribution in [0.5, 0.6) is 5.75 Å². The molecule has 1 unspecified atom stereocenters.